The number of aryl methyl sites for hydroxylation is 2. The molecule has 0 saturated heterocycles. The number of carbonyl (C=O) groups excluding carboxylic acids is 1. The quantitative estimate of drug-likeness (QED) is 0.748. The number of carbonyl (C=O) groups is 1. The molecular weight excluding hydrogens is 212 g/mol. The summed E-state index contributed by atoms with van der Waals surface area (Å²) < 4.78 is 4.96. The van der Waals surface area contributed by atoms with Crippen LogP contribution in [-0.4, -0.2) is 13.1 Å². The van der Waals surface area contributed by atoms with E-state index in [2.05, 4.69) is 32.0 Å². The van der Waals surface area contributed by atoms with Crippen molar-refractivity contribution in [3.8, 4) is 0 Å². The zero-order chi connectivity index (χ0) is 12.5. The first-order valence-corrected chi connectivity index (χ1v) is 6.22. The van der Waals surface area contributed by atoms with Crippen molar-refractivity contribution in [2.75, 3.05) is 7.11 Å². The highest BCUT2D eigenvalue weighted by atomic mass is 16.5. The minimum Gasteiger partial charge on any atom is -0.469 e. The molecule has 1 aliphatic rings. The maximum atomic E-state index is 11.9. The lowest BCUT2D eigenvalue weighted by atomic mass is 9.65. The second kappa shape index (κ2) is 4.52. The largest absolute Gasteiger partial charge is 0.469 e. The lowest BCUT2D eigenvalue weighted by Crippen LogP contribution is -2.41. The minimum atomic E-state index is -0.243. The van der Waals surface area contributed by atoms with E-state index in [0.29, 0.717) is 0 Å². The van der Waals surface area contributed by atoms with Crippen LogP contribution in [0.3, 0.4) is 0 Å². The zero-order valence-electron chi connectivity index (χ0n) is 10.9. The first-order valence-electron chi connectivity index (χ1n) is 6.22. The Morgan fingerprint density at radius 2 is 2.06 bits per heavy atom. The Morgan fingerprint density at radius 1 is 1.35 bits per heavy atom. The van der Waals surface area contributed by atoms with E-state index in [-0.39, 0.29) is 11.4 Å². The molecule has 0 unspecified atom stereocenters. The van der Waals surface area contributed by atoms with E-state index in [0.717, 1.165) is 25.7 Å². The Balaban J connectivity index is 2.24. The fourth-order valence-electron chi connectivity index (χ4n) is 2.63. The van der Waals surface area contributed by atoms with Crippen LogP contribution in [0.15, 0.2) is 18.2 Å². The Hall–Kier alpha value is -1.31. The summed E-state index contributed by atoms with van der Waals surface area (Å²) in [6, 6.07) is 6.44. The first kappa shape index (κ1) is 12.2. The molecule has 2 heteroatoms. The fraction of sp³-hybridized carbons (Fsp3) is 0.533. The van der Waals surface area contributed by atoms with Crippen molar-refractivity contribution in [3.63, 3.8) is 0 Å². The maximum Gasteiger partial charge on any atom is 0.312 e. The molecule has 92 valence electrons. The molecule has 0 radical (unpaired) electrons. The Bertz CT molecular complexity index is 431. The number of esters is 1. The summed E-state index contributed by atoms with van der Waals surface area (Å²) >= 11 is 0. The highest BCUT2D eigenvalue weighted by Crippen LogP contribution is 2.45. The zero-order valence-corrected chi connectivity index (χ0v) is 10.9. The molecule has 0 N–H and O–H groups in total. The minimum absolute atomic E-state index is 0.0374. The van der Waals surface area contributed by atoms with Gasteiger partial charge in [0.15, 0.2) is 0 Å². The molecule has 1 fully saturated rings. The summed E-state index contributed by atoms with van der Waals surface area (Å²) in [4.78, 5) is 11.9. The van der Waals surface area contributed by atoms with E-state index in [1.54, 1.807) is 0 Å². The predicted octanol–water partition coefficient (Wildman–Crippen LogP) is 3.19. The van der Waals surface area contributed by atoms with E-state index in [1.165, 1.54) is 23.8 Å². The average Bonchev–Trinajstić information content (AvgIpc) is 2.27. The molecule has 0 amide bonds. The molecule has 17 heavy (non-hydrogen) atoms. The van der Waals surface area contributed by atoms with E-state index in [9.17, 15) is 4.79 Å². The standard InChI is InChI=1S/C15H20O2/c1-11-5-6-12(2)13(9-11)10-15(7-4-8-15)14(16)17-3/h5-6,9H,4,7-8,10H2,1-3H3. The van der Waals surface area contributed by atoms with Crippen LogP contribution in [0.4, 0.5) is 0 Å². The highest BCUT2D eigenvalue weighted by molar-refractivity contribution is 5.78. The topological polar surface area (TPSA) is 26.3 Å². The van der Waals surface area contributed by atoms with Crippen molar-refractivity contribution in [2.24, 2.45) is 5.41 Å². The van der Waals surface area contributed by atoms with Gasteiger partial charge in [0.2, 0.25) is 0 Å². The number of rotatable bonds is 3. The number of benzene rings is 1. The summed E-state index contributed by atoms with van der Waals surface area (Å²) in [6.07, 6.45) is 3.90. The molecule has 2 rings (SSSR count). The van der Waals surface area contributed by atoms with Gasteiger partial charge >= 0.3 is 5.97 Å². The van der Waals surface area contributed by atoms with Crippen molar-refractivity contribution >= 4 is 5.97 Å². The molecular formula is C15H20O2. The molecule has 1 saturated carbocycles. The van der Waals surface area contributed by atoms with Gasteiger partial charge in [-0.05, 0) is 44.2 Å². The monoisotopic (exact) mass is 232 g/mol. The summed E-state index contributed by atoms with van der Waals surface area (Å²) in [5.41, 5.74) is 3.57. The average molecular weight is 232 g/mol. The SMILES string of the molecule is COC(=O)C1(Cc2cc(C)ccc2C)CCC1. The van der Waals surface area contributed by atoms with Crippen LogP contribution in [0.1, 0.15) is 36.0 Å². The Morgan fingerprint density at radius 3 is 2.59 bits per heavy atom. The molecule has 0 aliphatic heterocycles. The molecule has 2 nitrogen and oxygen atoms in total. The van der Waals surface area contributed by atoms with Crippen molar-refractivity contribution in [2.45, 2.75) is 39.5 Å². The van der Waals surface area contributed by atoms with Crippen LogP contribution in [0.5, 0.6) is 0 Å². The number of methoxy groups -OCH3 is 1. The van der Waals surface area contributed by atoms with Gasteiger partial charge in [0, 0.05) is 0 Å². The summed E-state index contributed by atoms with van der Waals surface area (Å²) in [5, 5.41) is 0. The van der Waals surface area contributed by atoms with E-state index in [1.807, 2.05) is 0 Å². The second-order valence-corrected chi connectivity index (χ2v) is 5.23. The molecule has 1 aromatic carbocycles. The van der Waals surface area contributed by atoms with Gasteiger partial charge in [0.1, 0.15) is 0 Å². The van der Waals surface area contributed by atoms with Crippen LogP contribution in [0.2, 0.25) is 0 Å². The third-order valence-corrected chi connectivity index (χ3v) is 3.96. The number of hydrogen-bond acceptors (Lipinski definition) is 2. The van der Waals surface area contributed by atoms with Crippen molar-refractivity contribution in [1.29, 1.82) is 0 Å². The van der Waals surface area contributed by atoms with Gasteiger partial charge in [-0.1, -0.05) is 30.2 Å². The Labute approximate surface area is 103 Å². The van der Waals surface area contributed by atoms with Crippen LogP contribution in [-0.2, 0) is 16.0 Å². The summed E-state index contributed by atoms with van der Waals surface area (Å²) in [5.74, 6) is -0.0374. The number of hydrogen-bond donors (Lipinski definition) is 0. The van der Waals surface area contributed by atoms with Gasteiger partial charge in [-0.2, -0.15) is 0 Å². The van der Waals surface area contributed by atoms with Crippen molar-refractivity contribution in [3.05, 3.63) is 34.9 Å². The van der Waals surface area contributed by atoms with E-state index >= 15 is 0 Å². The van der Waals surface area contributed by atoms with E-state index in [4.69, 9.17) is 4.74 Å². The normalized spacial score (nSPS) is 17.4. The highest BCUT2D eigenvalue weighted by Gasteiger charge is 2.45. The van der Waals surface area contributed by atoms with E-state index < -0.39 is 0 Å². The molecule has 1 aliphatic carbocycles. The van der Waals surface area contributed by atoms with Crippen molar-refractivity contribution in [1.82, 2.24) is 0 Å². The third-order valence-electron chi connectivity index (χ3n) is 3.96. The first-order chi connectivity index (χ1) is 8.07. The number of ether oxygens (including phenoxy) is 1. The van der Waals surface area contributed by atoms with Gasteiger partial charge in [-0.15, -0.1) is 0 Å². The molecule has 0 bridgehead atoms. The van der Waals surface area contributed by atoms with Gasteiger partial charge in [-0.25, -0.2) is 0 Å². The van der Waals surface area contributed by atoms with Gasteiger partial charge in [0.05, 0.1) is 12.5 Å². The summed E-state index contributed by atoms with van der Waals surface area (Å²) in [7, 11) is 1.49. The van der Waals surface area contributed by atoms with Crippen LogP contribution < -0.4 is 0 Å². The van der Waals surface area contributed by atoms with Crippen LogP contribution in [0.25, 0.3) is 0 Å². The van der Waals surface area contributed by atoms with Crippen LogP contribution in [0, 0.1) is 19.3 Å². The molecule has 0 aromatic heterocycles. The van der Waals surface area contributed by atoms with Gasteiger partial charge < -0.3 is 4.74 Å². The predicted molar refractivity (Wildman–Crippen MR) is 67.9 cm³/mol. The lowest BCUT2D eigenvalue weighted by Gasteiger charge is -2.39. The fourth-order valence-corrected chi connectivity index (χ4v) is 2.63. The van der Waals surface area contributed by atoms with Crippen LogP contribution >= 0.6 is 0 Å². The molecule has 0 atom stereocenters. The maximum absolute atomic E-state index is 11.9. The van der Waals surface area contributed by atoms with Gasteiger partial charge in [0.25, 0.3) is 0 Å². The molecule has 1 aromatic rings. The molecule has 0 spiro atoms. The van der Waals surface area contributed by atoms with Crippen molar-refractivity contribution < 1.29 is 9.53 Å². The summed E-state index contributed by atoms with van der Waals surface area (Å²) in [6.45, 7) is 4.20. The Kier molecular flexibility index (Phi) is 3.23. The van der Waals surface area contributed by atoms with Gasteiger partial charge in [-0.3, -0.25) is 4.79 Å². The smallest absolute Gasteiger partial charge is 0.312 e. The second-order valence-electron chi connectivity index (χ2n) is 5.23. The third kappa shape index (κ3) is 2.21. The molecule has 0 heterocycles. The lowest BCUT2D eigenvalue weighted by molar-refractivity contribution is -0.158.